The van der Waals surface area contributed by atoms with E-state index < -0.39 is 0 Å². The number of aromatic amines is 1. The highest BCUT2D eigenvalue weighted by atomic mass is 16.2. The molecule has 3 rings (SSSR count). The molecule has 0 saturated carbocycles. The maximum absolute atomic E-state index is 11.4. The Balaban J connectivity index is 1.88. The van der Waals surface area contributed by atoms with Crippen LogP contribution in [-0.2, 0) is 4.79 Å². The second-order valence-electron chi connectivity index (χ2n) is 5.99. The molecule has 106 valence electrons. The van der Waals surface area contributed by atoms with Gasteiger partial charge >= 0.3 is 0 Å². The van der Waals surface area contributed by atoms with E-state index in [1.54, 1.807) is 6.92 Å². The summed E-state index contributed by atoms with van der Waals surface area (Å²) < 4.78 is 0. The molecule has 1 fully saturated rings. The Kier molecular flexibility index (Phi) is 3.28. The Bertz CT molecular complexity index is 648. The molecule has 1 aromatic heterocycles. The number of hydrogen-bond acceptors (Lipinski definition) is 1. The maximum Gasteiger partial charge on any atom is 0.219 e. The lowest BCUT2D eigenvalue weighted by Gasteiger charge is -2.31. The van der Waals surface area contributed by atoms with Gasteiger partial charge in [0.1, 0.15) is 0 Å². The first kappa shape index (κ1) is 13.2. The Hall–Kier alpha value is -1.77. The topological polar surface area (TPSA) is 36.1 Å². The van der Waals surface area contributed by atoms with Crippen molar-refractivity contribution in [3.05, 3.63) is 35.0 Å². The molecule has 0 atom stereocenters. The second-order valence-corrected chi connectivity index (χ2v) is 5.99. The minimum atomic E-state index is 0.201. The number of H-pyrrole nitrogens is 1. The molecule has 1 aromatic carbocycles. The van der Waals surface area contributed by atoms with Gasteiger partial charge < -0.3 is 9.88 Å². The first-order valence-corrected chi connectivity index (χ1v) is 7.40. The molecule has 1 aliphatic heterocycles. The van der Waals surface area contributed by atoms with Crippen LogP contribution in [0.15, 0.2) is 18.2 Å². The van der Waals surface area contributed by atoms with Crippen molar-refractivity contribution in [3.8, 4) is 0 Å². The first-order valence-electron chi connectivity index (χ1n) is 7.40. The molecule has 1 N–H and O–H groups in total. The third-order valence-corrected chi connectivity index (χ3v) is 4.60. The van der Waals surface area contributed by atoms with Crippen molar-refractivity contribution in [2.75, 3.05) is 13.1 Å². The summed E-state index contributed by atoms with van der Waals surface area (Å²) in [5, 5.41) is 1.34. The van der Waals surface area contributed by atoms with Crippen molar-refractivity contribution in [2.24, 2.45) is 0 Å². The first-order chi connectivity index (χ1) is 9.56. The quantitative estimate of drug-likeness (QED) is 0.845. The predicted octanol–water partition coefficient (Wildman–Crippen LogP) is 3.51. The molecular weight excluding hydrogens is 248 g/mol. The van der Waals surface area contributed by atoms with Crippen LogP contribution in [0, 0.1) is 13.8 Å². The van der Waals surface area contributed by atoms with E-state index in [0.717, 1.165) is 25.9 Å². The summed E-state index contributed by atoms with van der Waals surface area (Å²) >= 11 is 0. The van der Waals surface area contributed by atoms with Gasteiger partial charge in [-0.15, -0.1) is 0 Å². The van der Waals surface area contributed by atoms with Crippen molar-refractivity contribution in [1.29, 1.82) is 0 Å². The van der Waals surface area contributed by atoms with Gasteiger partial charge in [0.25, 0.3) is 0 Å². The highest BCUT2D eigenvalue weighted by molar-refractivity contribution is 5.85. The number of carbonyl (C=O) groups is 1. The Morgan fingerprint density at radius 1 is 1.25 bits per heavy atom. The summed E-state index contributed by atoms with van der Waals surface area (Å²) in [4.78, 5) is 17.0. The van der Waals surface area contributed by atoms with Gasteiger partial charge in [-0.05, 0) is 44.4 Å². The number of carbonyl (C=O) groups excluding carboxylic acids is 1. The van der Waals surface area contributed by atoms with Crippen LogP contribution in [0.2, 0.25) is 0 Å². The fourth-order valence-corrected chi connectivity index (χ4v) is 3.35. The Morgan fingerprint density at radius 2 is 1.95 bits per heavy atom. The number of piperidine rings is 1. The highest BCUT2D eigenvalue weighted by Gasteiger charge is 2.24. The molecule has 1 amide bonds. The third-order valence-electron chi connectivity index (χ3n) is 4.60. The number of aromatic nitrogens is 1. The lowest BCUT2D eigenvalue weighted by Crippen LogP contribution is -2.36. The summed E-state index contributed by atoms with van der Waals surface area (Å²) in [5.41, 5.74) is 5.29. The number of nitrogens with zero attached hydrogens (tertiary/aromatic N) is 1. The van der Waals surface area contributed by atoms with E-state index >= 15 is 0 Å². The standard InChI is InChI=1S/C17H22N2O/c1-11-4-5-16-15(10-11)12(2)17(18-16)14-6-8-19(9-7-14)13(3)20/h4-5,10,14,18H,6-9H2,1-3H3. The molecule has 0 bridgehead atoms. The normalized spacial score (nSPS) is 16.9. The minimum absolute atomic E-state index is 0.201. The van der Waals surface area contributed by atoms with Crippen LogP contribution in [0.5, 0.6) is 0 Å². The Morgan fingerprint density at radius 3 is 2.60 bits per heavy atom. The van der Waals surface area contributed by atoms with Gasteiger partial charge in [0.05, 0.1) is 0 Å². The largest absolute Gasteiger partial charge is 0.358 e. The number of fused-ring (bicyclic) bond motifs is 1. The molecular formula is C17H22N2O. The van der Waals surface area contributed by atoms with Crippen LogP contribution in [0.25, 0.3) is 10.9 Å². The minimum Gasteiger partial charge on any atom is -0.358 e. The van der Waals surface area contributed by atoms with Crippen molar-refractivity contribution >= 4 is 16.8 Å². The number of nitrogens with one attached hydrogen (secondary N) is 1. The van der Waals surface area contributed by atoms with Crippen molar-refractivity contribution in [3.63, 3.8) is 0 Å². The van der Waals surface area contributed by atoms with Crippen LogP contribution < -0.4 is 0 Å². The summed E-state index contributed by atoms with van der Waals surface area (Å²) in [5.74, 6) is 0.755. The molecule has 3 heteroatoms. The summed E-state index contributed by atoms with van der Waals surface area (Å²) in [6.07, 6.45) is 2.12. The fraction of sp³-hybridized carbons (Fsp3) is 0.471. The van der Waals surface area contributed by atoms with E-state index in [9.17, 15) is 4.79 Å². The molecule has 0 unspecified atom stereocenters. The van der Waals surface area contributed by atoms with E-state index in [-0.39, 0.29) is 5.91 Å². The smallest absolute Gasteiger partial charge is 0.219 e. The van der Waals surface area contributed by atoms with Crippen molar-refractivity contribution in [1.82, 2.24) is 9.88 Å². The summed E-state index contributed by atoms with van der Waals surface area (Å²) in [6, 6.07) is 6.58. The molecule has 0 radical (unpaired) electrons. The average molecular weight is 270 g/mol. The summed E-state index contributed by atoms with van der Waals surface area (Å²) in [6.45, 7) is 7.78. The zero-order chi connectivity index (χ0) is 14.3. The lowest BCUT2D eigenvalue weighted by atomic mass is 9.91. The van der Waals surface area contributed by atoms with Gasteiger partial charge in [-0.1, -0.05) is 11.6 Å². The number of likely N-dealkylation sites (tertiary alicyclic amines) is 1. The van der Waals surface area contributed by atoms with E-state index in [1.165, 1.54) is 27.7 Å². The van der Waals surface area contributed by atoms with Gasteiger partial charge in [-0.3, -0.25) is 4.79 Å². The molecule has 2 heterocycles. The zero-order valence-electron chi connectivity index (χ0n) is 12.5. The van der Waals surface area contributed by atoms with Gasteiger partial charge in [0.2, 0.25) is 5.91 Å². The second kappa shape index (κ2) is 4.97. The molecule has 1 aliphatic rings. The van der Waals surface area contributed by atoms with Crippen molar-refractivity contribution < 1.29 is 4.79 Å². The Labute approximate surface area is 120 Å². The highest BCUT2D eigenvalue weighted by Crippen LogP contribution is 2.33. The van der Waals surface area contributed by atoms with E-state index in [4.69, 9.17) is 0 Å². The third kappa shape index (κ3) is 2.21. The van der Waals surface area contributed by atoms with E-state index in [0.29, 0.717) is 5.92 Å². The average Bonchev–Trinajstić information content (AvgIpc) is 2.76. The zero-order valence-corrected chi connectivity index (χ0v) is 12.5. The number of amides is 1. The lowest BCUT2D eigenvalue weighted by molar-refractivity contribution is -0.129. The van der Waals surface area contributed by atoms with E-state index in [1.807, 2.05) is 4.90 Å². The number of hydrogen-bond donors (Lipinski definition) is 1. The molecule has 0 spiro atoms. The molecule has 3 nitrogen and oxygen atoms in total. The molecule has 20 heavy (non-hydrogen) atoms. The van der Waals surface area contributed by atoms with Crippen LogP contribution >= 0.6 is 0 Å². The van der Waals surface area contributed by atoms with Crippen LogP contribution in [-0.4, -0.2) is 28.9 Å². The SMILES string of the molecule is CC(=O)N1CCC(c2[nH]c3ccc(C)cc3c2C)CC1. The van der Waals surface area contributed by atoms with Crippen LogP contribution in [0.1, 0.15) is 42.5 Å². The number of benzene rings is 1. The van der Waals surface area contributed by atoms with Crippen LogP contribution in [0.4, 0.5) is 0 Å². The predicted molar refractivity (Wildman–Crippen MR) is 82.0 cm³/mol. The van der Waals surface area contributed by atoms with Gasteiger partial charge in [-0.25, -0.2) is 0 Å². The van der Waals surface area contributed by atoms with E-state index in [2.05, 4.69) is 37.0 Å². The summed E-state index contributed by atoms with van der Waals surface area (Å²) in [7, 11) is 0. The fourth-order valence-electron chi connectivity index (χ4n) is 3.35. The van der Waals surface area contributed by atoms with Gasteiger partial charge in [0.15, 0.2) is 0 Å². The molecule has 1 saturated heterocycles. The number of aryl methyl sites for hydroxylation is 2. The monoisotopic (exact) mass is 270 g/mol. The number of rotatable bonds is 1. The molecule has 2 aromatic rings. The molecule has 0 aliphatic carbocycles. The van der Waals surface area contributed by atoms with Crippen LogP contribution in [0.3, 0.4) is 0 Å². The van der Waals surface area contributed by atoms with Gasteiger partial charge in [-0.2, -0.15) is 0 Å². The van der Waals surface area contributed by atoms with Gasteiger partial charge in [0, 0.05) is 42.5 Å². The van der Waals surface area contributed by atoms with Crippen molar-refractivity contribution in [2.45, 2.75) is 39.5 Å². The maximum atomic E-state index is 11.4.